The van der Waals surface area contributed by atoms with E-state index in [1.807, 2.05) is 0 Å². The molecular weight excluding hydrogens is 294 g/mol. The number of nitrogens with two attached hydrogens (primary N) is 1. The van der Waals surface area contributed by atoms with Gasteiger partial charge in [0.1, 0.15) is 6.04 Å². The number of imide groups is 1. The van der Waals surface area contributed by atoms with Gasteiger partial charge in [-0.2, -0.15) is 4.31 Å². The van der Waals surface area contributed by atoms with Gasteiger partial charge in [0, 0.05) is 5.69 Å². The van der Waals surface area contributed by atoms with Gasteiger partial charge in [-0.3, -0.25) is 14.9 Å². The van der Waals surface area contributed by atoms with Crippen LogP contribution in [-0.4, -0.2) is 37.1 Å². The SMILES string of the molecule is Cc1cc(N)cc(S(=O)(=O)N2CC(=O)NC(=O)C2C)c1C. The molecule has 1 aromatic rings. The molecule has 3 N–H and O–H groups in total. The summed E-state index contributed by atoms with van der Waals surface area (Å²) in [5, 5.41) is 2.11. The Morgan fingerprint density at radius 2 is 1.90 bits per heavy atom. The third kappa shape index (κ3) is 2.64. The molecule has 1 aromatic carbocycles. The van der Waals surface area contributed by atoms with Gasteiger partial charge in [-0.05, 0) is 44.0 Å². The lowest BCUT2D eigenvalue weighted by atomic mass is 10.1. The Morgan fingerprint density at radius 1 is 1.29 bits per heavy atom. The average Bonchev–Trinajstić information content (AvgIpc) is 2.37. The molecule has 0 radical (unpaired) electrons. The number of nitrogens with one attached hydrogen (secondary N) is 1. The number of sulfonamides is 1. The third-order valence-corrected chi connectivity index (χ3v) is 5.64. The Bertz CT molecular complexity index is 727. The first kappa shape index (κ1) is 15.5. The largest absolute Gasteiger partial charge is 0.399 e. The molecule has 0 aromatic heterocycles. The van der Waals surface area contributed by atoms with Crippen molar-refractivity contribution in [3.05, 3.63) is 23.3 Å². The first-order chi connectivity index (χ1) is 9.64. The average molecular weight is 311 g/mol. The van der Waals surface area contributed by atoms with Crippen LogP contribution in [0.4, 0.5) is 5.69 Å². The summed E-state index contributed by atoms with van der Waals surface area (Å²) in [5.41, 5.74) is 7.31. The standard InChI is InChI=1S/C13H17N3O4S/c1-7-4-10(14)5-11(8(7)2)21(19,20)16-6-12(17)15-13(18)9(16)3/h4-5,9H,6,14H2,1-3H3,(H,15,17,18). The number of rotatable bonds is 2. The molecule has 0 aliphatic carbocycles. The van der Waals surface area contributed by atoms with Crippen molar-refractivity contribution in [1.82, 2.24) is 9.62 Å². The molecule has 1 atom stereocenters. The number of carbonyl (C=O) groups is 2. The smallest absolute Gasteiger partial charge is 0.244 e. The summed E-state index contributed by atoms with van der Waals surface area (Å²) >= 11 is 0. The highest BCUT2D eigenvalue weighted by atomic mass is 32.2. The van der Waals surface area contributed by atoms with Crippen molar-refractivity contribution in [2.75, 3.05) is 12.3 Å². The second-order valence-corrected chi connectivity index (χ2v) is 6.96. The zero-order chi connectivity index (χ0) is 15.9. The number of nitrogen functional groups attached to an aromatic ring is 1. The molecule has 0 spiro atoms. The second kappa shape index (κ2) is 5.12. The van der Waals surface area contributed by atoms with Gasteiger partial charge in [0.25, 0.3) is 0 Å². The lowest BCUT2D eigenvalue weighted by molar-refractivity contribution is -0.136. The minimum absolute atomic E-state index is 0.0225. The Balaban J connectivity index is 2.57. The predicted octanol–water partition coefficient (Wildman–Crippen LogP) is -0.0788. The maximum absolute atomic E-state index is 12.8. The highest BCUT2D eigenvalue weighted by molar-refractivity contribution is 7.89. The van der Waals surface area contributed by atoms with Crippen LogP contribution in [0.25, 0.3) is 0 Å². The van der Waals surface area contributed by atoms with E-state index in [1.54, 1.807) is 19.9 Å². The quantitative estimate of drug-likeness (QED) is 0.586. The van der Waals surface area contributed by atoms with E-state index in [0.29, 0.717) is 11.3 Å². The summed E-state index contributed by atoms with van der Waals surface area (Å²) in [7, 11) is -3.98. The number of nitrogens with zero attached hydrogens (tertiary/aromatic N) is 1. The molecule has 114 valence electrons. The zero-order valence-electron chi connectivity index (χ0n) is 12.0. The predicted molar refractivity (Wildman–Crippen MR) is 76.8 cm³/mol. The van der Waals surface area contributed by atoms with Gasteiger partial charge in [0.15, 0.2) is 0 Å². The summed E-state index contributed by atoms with van der Waals surface area (Å²) in [6.07, 6.45) is 0. The topological polar surface area (TPSA) is 110 Å². The van der Waals surface area contributed by atoms with Crippen LogP contribution < -0.4 is 11.1 Å². The lowest BCUT2D eigenvalue weighted by Gasteiger charge is -2.31. The van der Waals surface area contributed by atoms with Crippen LogP contribution in [0, 0.1) is 13.8 Å². The molecule has 0 bridgehead atoms. The Labute approximate surface area is 123 Å². The van der Waals surface area contributed by atoms with E-state index in [1.165, 1.54) is 13.0 Å². The van der Waals surface area contributed by atoms with Crippen molar-refractivity contribution >= 4 is 27.5 Å². The molecule has 1 fully saturated rings. The number of anilines is 1. The van der Waals surface area contributed by atoms with E-state index >= 15 is 0 Å². The van der Waals surface area contributed by atoms with E-state index in [4.69, 9.17) is 5.73 Å². The van der Waals surface area contributed by atoms with Gasteiger partial charge >= 0.3 is 0 Å². The number of amides is 2. The highest BCUT2D eigenvalue weighted by Crippen LogP contribution is 2.27. The summed E-state index contributed by atoms with van der Waals surface area (Å²) in [6, 6.07) is 2.07. The fraction of sp³-hybridized carbons (Fsp3) is 0.385. The van der Waals surface area contributed by atoms with Crippen molar-refractivity contribution in [2.45, 2.75) is 31.7 Å². The molecule has 1 aliphatic rings. The molecule has 1 saturated heterocycles. The molecule has 8 heteroatoms. The number of piperazine rings is 1. The molecule has 1 unspecified atom stereocenters. The van der Waals surface area contributed by atoms with Gasteiger partial charge in [-0.15, -0.1) is 0 Å². The molecule has 1 aliphatic heterocycles. The Morgan fingerprint density at radius 3 is 2.52 bits per heavy atom. The number of carbonyl (C=O) groups excluding carboxylic acids is 2. The molecule has 0 saturated carbocycles. The summed E-state index contributed by atoms with van der Waals surface area (Å²) < 4.78 is 26.4. The zero-order valence-corrected chi connectivity index (χ0v) is 12.8. The molecular formula is C13H17N3O4S. The van der Waals surface area contributed by atoms with Crippen molar-refractivity contribution in [2.24, 2.45) is 0 Å². The van der Waals surface area contributed by atoms with Gasteiger partial charge < -0.3 is 5.73 Å². The van der Waals surface area contributed by atoms with E-state index in [9.17, 15) is 18.0 Å². The van der Waals surface area contributed by atoms with E-state index in [-0.39, 0.29) is 11.4 Å². The van der Waals surface area contributed by atoms with Crippen molar-refractivity contribution in [3.8, 4) is 0 Å². The summed E-state index contributed by atoms with van der Waals surface area (Å²) in [4.78, 5) is 23.1. The first-order valence-corrected chi connectivity index (χ1v) is 7.81. The van der Waals surface area contributed by atoms with Crippen LogP contribution in [0.3, 0.4) is 0 Å². The van der Waals surface area contributed by atoms with Gasteiger partial charge in [-0.25, -0.2) is 8.42 Å². The Hall–Kier alpha value is -1.93. The maximum Gasteiger partial charge on any atom is 0.244 e. The third-order valence-electron chi connectivity index (χ3n) is 3.60. The van der Waals surface area contributed by atoms with Crippen LogP contribution in [-0.2, 0) is 19.6 Å². The van der Waals surface area contributed by atoms with E-state index in [2.05, 4.69) is 5.32 Å². The first-order valence-electron chi connectivity index (χ1n) is 6.37. The van der Waals surface area contributed by atoms with E-state index < -0.39 is 27.9 Å². The summed E-state index contributed by atoms with van der Waals surface area (Å²) in [6.45, 7) is 4.47. The highest BCUT2D eigenvalue weighted by Gasteiger charge is 2.39. The lowest BCUT2D eigenvalue weighted by Crippen LogP contribution is -2.58. The van der Waals surface area contributed by atoms with Crippen LogP contribution in [0.15, 0.2) is 17.0 Å². The van der Waals surface area contributed by atoms with Crippen LogP contribution >= 0.6 is 0 Å². The van der Waals surface area contributed by atoms with Crippen molar-refractivity contribution < 1.29 is 18.0 Å². The fourth-order valence-corrected chi connectivity index (χ4v) is 4.12. The van der Waals surface area contributed by atoms with Gasteiger partial charge in [0.2, 0.25) is 21.8 Å². The van der Waals surface area contributed by atoms with Gasteiger partial charge in [-0.1, -0.05) is 0 Å². The minimum Gasteiger partial charge on any atom is -0.399 e. The molecule has 7 nitrogen and oxygen atoms in total. The second-order valence-electron chi connectivity index (χ2n) is 5.10. The molecule has 2 rings (SSSR count). The van der Waals surface area contributed by atoms with Crippen molar-refractivity contribution in [3.63, 3.8) is 0 Å². The number of hydrogen-bond acceptors (Lipinski definition) is 5. The number of hydrogen-bond donors (Lipinski definition) is 2. The van der Waals surface area contributed by atoms with Crippen LogP contribution in [0.1, 0.15) is 18.1 Å². The number of aryl methyl sites for hydroxylation is 1. The molecule has 2 amide bonds. The van der Waals surface area contributed by atoms with Crippen molar-refractivity contribution in [1.29, 1.82) is 0 Å². The molecule has 21 heavy (non-hydrogen) atoms. The normalized spacial score (nSPS) is 20.4. The van der Waals surface area contributed by atoms with Crippen LogP contribution in [0.2, 0.25) is 0 Å². The van der Waals surface area contributed by atoms with Gasteiger partial charge in [0.05, 0.1) is 11.4 Å². The monoisotopic (exact) mass is 311 g/mol. The molecule has 1 heterocycles. The number of benzene rings is 1. The Kier molecular flexibility index (Phi) is 3.77. The van der Waals surface area contributed by atoms with Crippen LogP contribution in [0.5, 0.6) is 0 Å². The fourth-order valence-electron chi connectivity index (χ4n) is 2.23. The summed E-state index contributed by atoms with van der Waals surface area (Å²) in [5.74, 6) is -1.27. The minimum atomic E-state index is -3.98. The maximum atomic E-state index is 12.8. The van der Waals surface area contributed by atoms with E-state index in [0.717, 1.165) is 9.87 Å².